The minimum Gasteiger partial charge on any atom is -0.204 e. The molecule has 0 saturated carbocycles. The Morgan fingerprint density at radius 3 is 2.24 bits per heavy atom. The predicted octanol–water partition coefficient (Wildman–Crippen LogP) is 5.69. The van der Waals surface area contributed by atoms with Crippen LogP contribution in [-0.2, 0) is 12.8 Å². The summed E-state index contributed by atoms with van der Waals surface area (Å²) in [5.74, 6) is -1.03. The lowest BCUT2D eigenvalue weighted by molar-refractivity contribution is 0.498. The number of alkyl halides is 1. The molecule has 2 aromatic rings. The second kappa shape index (κ2) is 7.04. The van der Waals surface area contributed by atoms with Crippen LogP contribution >= 0.6 is 11.6 Å². The van der Waals surface area contributed by atoms with Crippen molar-refractivity contribution >= 4 is 11.6 Å². The van der Waals surface area contributed by atoms with E-state index in [4.69, 9.17) is 11.6 Å². The number of halogens is 3. The fraction of sp³-hybridized carbons (Fsp3) is 0.333. The van der Waals surface area contributed by atoms with E-state index in [0.717, 1.165) is 18.1 Å². The van der Waals surface area contributed by atoms with Crippen molar-refractivity contribution in [3.05, 3.63) is 70.8 Å². The highest BCUT2D eigenvalue weighted by molar-refractivity contribution is 6.20. The molecule has 0 bridgehead atoms. The van der Waals surface area contributed by atoms with Gasteiger partial charge in [-0.1, -0.05) is 50.2 Å². The Kier molecular flexibility index (Phi) is 5.35. The molecule has 0 spiro atoms. The number of benzene rings is 2. The van der Waals surface area contributed by atoms with Crippen molar-refractivity contribution in [3.63, 3.8) is 0 Å². The molecular formula is C18H19ClF2. The Labute approximate surface area is 129 Å². The van der Waals surface area contributed by atoms with Gasteiger partial charge in [-0.25, -0.2) is 8.78 Å². The third-order valence-corrected chi connectivity index (χ3v) is 3.82. The summed E-state index contributed by atoms with van der Waals surface area (Å²) in [6, 6.07) is 12.2. The minimum atomic E-state index is -0.830. The molecule has 1 atom stereocenters. The van der Waals surface area contributed by atoms with E-state index in [2.05, 4.69) is 13.8 Å². The van der Waals surface area contributed by atoms with Crippen LogP contribution in [0.3, 0.4) is 0 Å². The Morgan fingerprint density at radius 2 is 1.62 bits per heavy atom. The number of hydrogen-bond donors (Lipinski definition) is 0. The van der Waals surface area contributed by atoms with Gasteiger partial charge in [0.1, 0.15) is 0 Å². The minimum absolute atomic E-state index is 0.272. The van der Waals surface area contributed by atoms with Crippen molar-refractivity contribution in [2.75, 3.05) is 0 Å². The summed E-state index contributed by atoms with van der Waals surface area (Å²) in [5.41, 5.74) is 2.49. The van der Waals surface area contributed by atoms with Gasteiger partial charge in [-0.15, -0.1) is 11.6 Å². The normalized spacial score (nSPS) is 12.7. The van der Waals surface area contributed by atoms with Gasteiger partial charge in [-0.3, -0.25) is 0 Å². The molecule has 0 fully saturated rings. The maximum absolute atomic E-state index is 13.7. The summed E-state index contributed by atoms with van der Waals surface area (Å²) in [4.78, 5) is 0. The number of hydrogen-bond acceptors (Lipinski definition) is 0. The first-order valence-corrected chi connectivity index (χ1v) is 7.56. The van der Waals surface area contributed by atoms with Gasteiger partial charge < -0.3 is 0 Å². The van der Waals surface area contributed by atoms with Crippen molar-refractivity contribution < 1.29 is 8.78 Å². The summed E-state index contributed by atoms with van der Waals surface area (Å²) in [6.45, 7) is 4.34. The fourth-order valence-electron chi connectivity index (χ4n) is 2.35. The lowest BCUT2D eigenvalue weighted by Gasteiger charge is -2.12. The molecule has 112 valence electrons. The molecule has 2 rings (SSSR count). The standard InChI is InChI=1S/C18H19ClF2/c1-12(2)10-13-6-8-14(9-7-13)16(19)11-15-4-3-5-17(20)18(15)21/h3-9,12,16H,10-11H2,1-2H3. The zero-order chi connectivity index (χ0) is 15.4. The van der Waals surface area contributed by atoms with Gasteiger partial charge in [0.2, 0.25) is 0 Å². The molecule has 0 aliphatic rings. The predicted molar refractivity (Wildman–Crippen MR) is 83.6 cm³/mol. The maximum Gasteiger partial charge on any atom is 0.162 e. The van der Waals surface area contributed by atoms with E-state index in [-0.39, 0.29) is 11.8 Å². The SMILES string of the molecule is CC(C)Cc1ccc(C(Cl)Cc2cccc(F)c2F)cc1. The van der Waals surface area contributed by atoms with E-state index in [1.807, 2.05) is 24.3 Å². The van der Waals surface area contributed by atoms with Crippen LogP contribution in [-0.4, -0.2) is 0 Å². The van der Waals surface area contributed by atoms with Gasteiger partial charge in [0.15, 0.2) is 11.6 Å². The van der Waals surface area contributed by atoms with Gasteiger partial charge >= 0.3 is 0 Å². The summed E-state index contributed by atoms with van der Waals surface area (Å²) in [7, 11) is 0. The lowest BCUT2D eigenvalue weighted by Crippen LogP contribution is -2.01. The first-order chi connectivity index (χ1) is 9.97. The molecule has 0 nitrogen and oxygen atoms in total. The van der Waals surface area contributed by atoms with E-state index in [1.54, 1.807) is 6.07 Å². The highest BCUT2D eigenvalue weighted by Crippen LogP contribution is 2.27. The Hall–Kier alpha value is -1.41. The number of rotatable bonds is 5. The smallest absolute Gasteiger partial charge is 0.162 e. The van der Waals surface area contributed by atoms with Crippen LogP contribution in [0.25, 0.3) is 0 Å². The van der Waals surface area contributed by atoms with E-state index < -0.39 is 11.6 Å². The molecule has 1 unspecified atom stereocenters. The molecule has 3 heteroatoms. The van der Waals surface area contributed by atoms with Gasteiger partial charge in [0.05, 0.1) is 5.38 Å². The van der Waals surface area contributed by atoms with Crippen molar-refractivity contribution in [3.8, 4) is 0 Å². The quantitative estimate of drug-likeness (QED) is 0.623. The van der Waals surface area contributed by atoms with Crippen LogP contribution < -0.4 is 0 Å². The van der Waals surface area contributed by atoms with Crippen LogP contribution in [0.2, 0.25) is 0 Å². The van der Waals surface area contributed by atoms with Crippen molar-refractivity contribution in [1.82, 2.24) is 0 Å². The van der Waals surface area contributed by atoms with Crippen molar-refractivity contribution in [2.45, 2.75) is 32.1 Å². The van der Waals surface area contributed by atoms with Gasteiger partial charge in [0.25, 0.3) is 0 Å². The van der Waals surface area contributed by atoms with Crippen LogP contribution in [0, 0.1) is 17.6 Å². The summed E-state index contributed by atoms with van der Waals surface area (Å²) >= 11 is 6.33. The molecule has 0 N–H and O–H groups in total. The van der Waals surface area contributed by atoms with Crippen molar-refractivity contribution in [2.24, 2.45) is 5.92 Å². The Morgan fingerprint density at radius 1 is 0.952 bits per heavy atom. The third-order valence-electron chi connectivity index (χ3n) is 3.42. The molecule has 0 aromatic heterocycles. The molecule has 0 aliphatic carbocycles. The van der Waals surface area contributed by atoms with Crippen LogP contribution in [0.1, 0.15) is 35.9 Å². The van der Waals surface area contributed by atoms with Gasteiger partial charge in [-0.05, 0) is 41.5 Å². The van der Waals surface area contributed by atoms with E-state index in [1.165, 1.54) is 11.6 Å². The Bertz CT molecular complexity index is 591. The molecule has 0 radical (unpaired) electrons. The molecule has 0 aliphatic heterocycles. The highest BCUT2D eigenvalue weighted by Gasteiger charge is 2.14. The van der Waals surface area contributed by atoms with E-state index in [9.17, 15) is 8.78 Å². The molecule has 0 heterocycles. The molecule has 0 amide bonds. The van der Waals surface area contributed by atoms with Crippen LogP contribution in [0.15, 0.2) is 42.5 Å². The average molecular weight is 309 g/mol. The fourth-order valence-corrected chi connectivity index (χ4v) is 2.66. The van der Waals surface area contributed by atoms with E-state index >= 15 is 0 Å². The van der Waals surface area contributed by atoms with Crippen LogP contribution in [0.5, 0.6) is 0 Å². The van der Waals surface area contributed by atoms with E-state index in [0.29, 0.717) is 11.5 Å². The first kappa shape index (κ1) is 16.0. The largest absolute Gasteiger partial charge is 0.204 e. The second-order valence-corrected chi connectivity index (χ2v) is 6.25. The van der Waals surface area contributed by atoms with Gasteiger partial charge in [-0.2, -0.15) is 0 Å². The third kappa shape index (κ3) is 4.28. The zero-order valence-corrected chi connectivity index (χ0v) is 13.0. The summed E-state index contributed by atoms with van der Waals surface area (Å²) in [5, 5.41) is -0.366. The molecular weight excluding hydrogens is 290 g/mol. The van der Waals surface area contributed by atoms with Crippen LogP contribution in [0.4, 0.5) is 8.78 Å². The lowest BCUT2D eigenvalue weighted by atomic mass is 9.99. The molecule has 0 saturated heterocycles. The second-order valence-electron chi connectivity index (χ2n) is 5.72. The first-order valence-electron chi connectivity index (χ1n) is 7.13. The Balaban J connectivity index is 2.09. The monoisotopic (exact) mass is 308 g/mol. The van der Waals surface area contributed by atoms with Crippen molar-refractivity contribution in [1.29, 1.82) is 0 Å². The topological polar surface area (TPSA) is 0 Å². The summed E-state index contributed by atoms with van der Waals surface area (Å²) < 4.78 is 26.8. The summed E-state index contributed by atoms with van der Waals surface area (Å²) in [6.07, 6.45) is 1.29. The molecule has 21 heavy (non-hydrogen) atoms. The van der Waals surface area contributed by atoms with Gasteiger partial charge in [0, 0.05) is 0 Å². The maximum atomic E-state index is 13.7. The highest BCUT2D eigenvalue weighted by atomic mass is 35.5. The average Bonchev–Trinajstić information content (AvgIpc) is 2.44. The molecule has 2 aromatic carbocycles. The zero-order valence-electron chi connectivity index (χ0n) is 12.2.